The molecule has 0 bridgehead atoms. The highest BCUT2D eigenvalue weighted by Crippen LogP contribution is 2.77. The molecule has 228 valence electrons. The van der Waals surface area contributed by atoms with Gasteiger partial charge in [-0.25, -0.2) is 4.79 Å². The first kappa shape index (κ1) is 30.3. The second kappa shape index (κ2) is 10.2. The van der Waals surface area contributed by atoms with Crippen molar-refractivity contribution in [3.05, 3.63) is 12.2 Å². The molecular formula is C34H52N2O5. The highest BCUT2D eigenvalue weighted by atomic mass is 16.7. The van der Waals surface area contributed by atoms with Gasteiger partial charge in [-0.15, -0.1) is 5.16 Å². The number of hydrogen-bond donors (Lipinski definition) is 1. The molecule has 5 aliphatic rings. The maximum atomic E-state index is 12.0. The predicted molar refractivity (Wildman–Crippen MR) is 159 cm³/mol. The third-order valence-electron chi connectivity index (χ3n) is 13.9. The van der Waals surface area contributed by atoms with E-state index in [-0.39, 0.29) is 40.2 Å². The third-order valence-corrected chi connectivity index (χ3v) is 13.9. The molecule has 0 aliphatic heterocycles. The highest BCUT2D eigenvalue weighted by Gasteiger charge is 2.71. The molecular weight excluding hydrogens is 516 g/mol. The summed E-state index contributed by atoms with van der Waals surface area (Å²) in [7, 11) is 0. The second-order valence-corrected chi connectivity index (χ2v) is 15.5. The van der Waals surface area contributed by atoms with Gasteiger partial charge in [-0.3, -0.25) is 4.79 Å². The fourth-order valence-corrected chi connectivity index (χ4v) is 11.9. The summed E-state index contributed by atoms with van der Waals surface area (Å²) < 4.78 is 5.70. The van der Waals surface area contributed by atoms with Gasteiger partial charge in [0.1, 0.15) is 6.61 Å². The van der Waals surface area contributed by atoms with Crippen LogP contribution in [0.25, 0.3) is 0 Å². The van der Waals surface area contributed by atoms with Crippen molar-refractivity contribution in [1.29, 1.82) is 0 Å². The number of rotatable bonds is 5. The zero-order chi connectivity index (χ0) is 30.0. The van der Waals surface area contributed by atoms with Crippen molar-refractivity contribution >= 4 is 23.9 Å². The molecule has 7 heteroatoms. The van der Waals surface area contributed by atoms with E-state index in [1.807, 2.05) is 6.21 Å². The number of ether oxygens (including phenoxy) is 1. The number of nitrogens with zero attached hydrogens (tertiary/aromatic N) is 2. The molecule has 0 aromatic rings. The van der Waals surface area contributed by atoms with Crippen LogP contribution in [-0.2, 0) is 19.2 Å². The van der Waals surface area contributed by atoms with Gasteiger partial charge in [0.25, 0.3) is 0 Å². The Hall–Kier alpha value is -2.18. The van der Waals surface area contributed by atoms with E-state index in [1.54, 1.807) is 0 Å². The van der Waals surface area contributed by atoms with Crippen LogP contribution in [0.1, 0.15) is 113 Å². The monoisotopic (exact) mass is 568 g/mol. The lowest BCUT2D eigenvalue weighted by molar-refractivity contribution is -0.225. The fraction of sp³-hybridized carbons (Fsp3) is 0.824. The Labute approximate surface area is 246 Å². The van der Waals surface area contributed by atoms with Crippen LogP contribution in [0.15, 0.2) is 22.5 Å². The predicted octanol–water partition coefficient (Wildman–Crippen LogP) is 7.57. The van der Waals surface area contributed by atoms with Crippen molar-refractivity contribution in [2.75, 3.05) is 6.61 Å². The number of fused-ring (bicyclic) bond motifs is 7. The molecule has 0 amide bonds. The van der Waals surface area contributed by atoms with Crippen LogP contribution in [0.4, 0.5) is 0 Å². The summed E-state index contributed by atoms with van der Waals surface area (Å²) in [4.78, 5) is 28.8. The molecule has 0 aromatic heterocycles. The topological polar surface area (TPSA) is 97.6 Å². The Kier molecular flexibility index (Phi) is 7.55. The smallest absolute Gasteiger partial charge is 0.331 e. The first-order valence-corrected chi connectivity index (χ1v) is 15.9. The van der Waals surface area contributed by atoms with E-state index in [1.165, 1.54) is 32.3 Å². The summed E-state index contributed by atoms with van der Waals surface area (Å²) in [6.45, 7) is 19.6. The molecule has 7 nitrogen and oxygen atoms in total. The van der Waals surface area contributed by atoms with Gasteiger partial charge < -0.3 is 14.8 Å². The maximum Gasteiger partial charge on any atom is 0.331 e. The minimum atomic E-state index is -0.483. The van der Waals surface area contributed by atoms with Crippen LogP contribution in [0.3, 0.4) is 0 Å². The lowest BCUT2D eigenvalue weighted by Gasteiger charge is -2.72. The maximum absolute atomic E-state index is 12.0. The van der Waals surface area contributed by atoms with Gasteiger partial charge in [0.15, 0.2) is 0 Å². The quantitative estimate of drug-likeness (QED) is 0.0921. The number of carbonyl (C=O) groups excluding carboxylic acids is 2. The number of hydrogen-bond acceptors (Lipinski definition) is 7. The Morgan fingerprint density at radius 3 is 2.29 bits per heavy atom. The number of esters is 1. The summed E-state index contributed by atoms with van der Waals surface area (Å²) in [5, 5.41) is 17.8. The second-order valence-electron chi connectivity index (χ2n) is 15.5. The molecule has 5 rings (SSSR count). The molecule has 0 spiro atoms. The van der Waals surface area contributed by atoms with Gasteiger partial charge in [0.2, 0.25) is 0 Å². The van der Waals surface area contributed by atoms with Crippen molar-refractivity contribution in [3.63, 3.8) is 0 Å². The van der Waals surface area contributed by atoms with Crippen LogP contribution in [0.2, 0.25) is 0 Å². The first-order valence-electron chi connectivity index (χ1n) is 15.9. The lowest BCUT2D eigenvalue weighted by Crippen LogP contribution is -2.67. The van der Waals surface area contributed by atoms with Crippen LogP contribution in [0.5, 0.6) is 0 Å². The van der Waals surface area contributed by atoms with Gasteiger partial charge >= 0.3 is 11.9 Å². The number of oxime groups is 2. The third kappa shape index (κ3) is 4.33. The molecule has 0 radical (unpaired) electrons. The van der Waals surface area contributed by atoms with Crippen LogP contribution >= 0.6 is 0 Å². The van der Waals surface area contributed by atoms with Crippen LogP contribution in [-0.4, -0.2) is 35.7 Å². The Morgan fingerprint density at radius 2 is 1.66 bits per heavy atom. The molecule has 5 saturated carbocycles. The molecule has 41 heavy (non-hydrogen) atoms. The first-order chi connectivity index (χ1) is 19.2. The average molecular weight is 569 g/mol. The summed E-state index contributed by atoms with van der Waals surface area (Å²) in [5.74, 6) is 1.60. The van der Waals surface area contributed by atoms with Gasteiger partial charge in [0.05, 0.1) is 11.9 Å². The molecule has 0 heterocycles. The van der Waals surface area contributed by atoms with E-state index >= 15 is 0 Å². The van der Waals surface area contributed by atoms with Crippen molar-refractivity contribution in [2.45, 2.75) is 113 Å². The minimum absolute atomic E-state index is 0.0254. The van der Waals surface area contributed by atoms with Gasteiger partial charge in [-0.2, -0.15) is 0 Å². The molecule has 0 unspecified atom stereocenters. The largest absolute Gasteiger partial charge is 0.465 e. The molecule has 0 aromatic carbocycles. The fourth-order valence-electron chi connectivity index (χ4n) is 11.9. The van der Waals surface area contributed by atoms with Gasteiger partial charge in [0, 0.05) is 24.7 Å². The van der Waals surface area contributed by atoms with E-state index < -0.39 is 11.4 Å². The van der Waals surface area contributed by atoms with Gasteiger partial charge in [-0.1, -0.05) is 45.0 Å². The Morgan fingerprint density at radius 1 is 0.927 bits per heavy atom. The van der Waals surface area contributed by atoms with Crippen molar-refractivity contribution in [1.82, 2.24) is 0 Å². The van der Waals surface area contributed by atoms with Crippen molar-refractivity contribution in [3.8, 4) is 0 Å². The van der Waals surface area contributed by atoms with E-state index in [2.05, 4.69) is 51.5 Å². The lowest BCUT2D eigenvalue weighted by atomic mass is 9.32. The summed E-state index contributed by atoms with van der Waals surface area (Å²) in [5.41, 5.74) is 2.02. The Bertz CT molecular complexity index is 1160. The summed E-state index contributed by atoms with van der Waals surface area (Å²) in [6.07, 6.45) is 12.6. The van der Waals surface area contributed by atoms with Crippen LogP contribution < -0.4 is 0 Å². The van der Waals surface area contributed by atoms with E-state index in [0.717, 1.165) is 57.1 Å². The molecule has 5 aliphatic carbocycles. The Balaban J connectivity index is 1.53. The molecule has 0 saturated heterocycles. The van der Waals surface area contributed by atoms with Crippen LogP contribution in [0, 0.1) is 56.7 Å². The van der Waals surface area contributed by atoms with E-state index in [9.17, 15) is 14.8 Å². The number of allylic oxidation sites excluding steroid dienone is 1. The zero-order valence-electron chi connectivity index (χ0n) is 26.4. The summed E-state index contributed by atoms with van der Waals surface area (Å²) >= 11 is 0. The van der Waals surface area contributed by atoms with Crippen molar-refractivity contribution in [2.24, 2.45) is 67.0 Å². The van der Waals surface area contributed by atoms with E-state index in [4.69, 9.17) is 9.57 Å². The zero-order valence-corrected chi connectivity index (χ0v) is 26.4. The SMILES string of the molecule is C=C(C)[C@@H]1CC[C@]2(/C=N/O)CC[C@]3(C)[C@H](CC[C@@H]4[C@@]5(C)CC/C(=N\OC(C)=O)[C@@](C)(COC(C)=O)[C@@H]5CC[C@]43C)[C@@H]12. The minimum Gasteiger partial charge on any atom is -0.465 e. The highest BCUT2D eigenvalue weighted by molar-refractivity contribution is 5.91. The van der Waals surface area contributed by atoms with Gasteiger partial charge in [-0.05, 0) is 117 Å². The molecule has 1 N–H and O–H groups in total. The van der Waals surface area contributed by atoms with E-state index in [0.29, 0.717) is 23.7 Å². The van der Waals surface area contributed by atoms with Crippen molar-refractivity contribution < 1.29 is 24.4 Å². The number of carbonyl (C=O) groups is 2. The molecule has 5 fully saturated rings. The normalized spacial score (nSPS) is 48.1. The molecule has 10 atom stereocenters. The summed E-state index contributed by atoms with van der Waals surface area (Å²) in [6, 6.07) is 0. The average Bonchev–Trinajstić information content (AvgIpc) is 3.27. The standard InChI is InChI=1S/C34H52N2O5/c1-21(2)24-11-16-34(19-35-39)18-17-32(7)25(29(24)34)9-10-27-30(5)14-13-28(36-41-23(4)38)31(6,20-40-22(3)37)26(30)12-15-33(27,32)8/h19,24-27,29,39H,1,9-18,20H2,2-8H3/b35-19+,36-28+/t24-,25+,26+,27+,29+,30-,31-,32+,33+,34+/m0/s1.